The molecule has 8 heteroatoms. The number of aliphatic hydroxyl groups excluding tert-OH is 1. The van der Waals surface area contributed by atoms with Gasteiger partial charge in [-0.1, -0.05) is 0 Å². The van der Waals surface area contributed by atoms with E-state index in [9.17, 15) is 14.0 Å². The molecule has 0 amide bonds. The van der Waals surface area contributed by atoms with Gasteiger partial charge in [0.2, 0.25) is 5.82 Å². The van der Waals surface area contributed by atoms with Crippen molar-refractivity contribution in [2.75, 3.05) is 6.61 Å². The van der Waals surface area contributed by atoms with Crippen molar-refractivity contribution in [1.29, 1.82) is 0 Å². The number of rotatable bonds is 2. The average Bonchev–Trinajstić information content (AvgIpc) is 2.65. The second-order valence-corrected chi connectivity index (χ2v) is 4.29. The van der Waals surface area contributed by atoms with Gasteiger partial charge in [0, 0.05) is 0 Å². The normalized spacial score (nSPS) is 28.5. The topological polar surface area (TPSA) is 84.3 Å². The molecule has 1 aromatic rings. The smallest absolute Gasteiger partial charge is 0.330 e. The van der Waals surface area contributed by atoms with E-state index < -0.39 is 34.8 Å². The van der Waals surface area contributed by atoms with Gasteiger partial charge in [0.1, 0.15) is 0 Å². The van der Waals surface area contributed by atoms with E-state index in [4.69, 9.17) is 21.4 Å². The molecule has 2 heterocycles. The van der Waals surface area contributed by atoms with Gasteiger partial charge in [-0.15, -0.1) is 11.6 Å². The van der Waals surface area contributed by atoms with Gasteiger partial charge in [0.25, 0.3) is 5.56 Å². The van der Waals surface area contributed by atoms with Gasteiger partial charge in [0.15, 0.2) is 6.23 Å². The molecule has 0 aromatic carbocycles. The molecule has 0 radical (unpaired) electrons. The first-order valence-electron chi connectivity index (χ1n) is 4.94. The lowest BCUT2D eigenvalue weighted by atomic mass is 10.2. The molecular weight excluding hydrogens is 255 g/mol. The molecule has 1 aromatic heterocycles. The highest BCUT2D eigenvalue weighted by atomic mass is 35.5. The number of hydrogen-bond acceptors (Lipinski definition) is 4. The van der Waals surface area contributed by atoms with Crippen LogP contribution in [-0.2, 0) is 4.74 Å². The van der Waals surface area contributed by atoms with Crippen LogP contribution in [0.2, 0.25) is 0 Å². The predicted octanol–water partition coefficient (Wildman–Crippen LogP) is -0.437. The first-order valence-corrected chi connectivity index (χ1v) is 5.38. The molecule has 17 heavy (non-hydrogen) atoms. The summed E-state index contributed by atoms with van der Waals surface area (Å²) in [7, 11) is 0. The van der Waals surface area contributed by atoms with Gasteiger partial charge < -0.3 is 9.84 Å². The first-order chi connectivity index (χ1) is 8.02. The molecule has 2 N–H and O–H groups in total. The Kier molecular flexibility index (Phi) is 3.32. The maximum atomic E-state index is 13.1. The third-order valence-corrected chi connectivity index (χ3v) is 2.93. The van der Waals surface area contributed by atoms with Crippen LogP contribution in [0.15, 0.2) is 15.8 Å². The lowest BCUT2D eigenvalue weighted by Crippen LogP contribution is -2.35. The first kappa shape index (κ1) is 12.3. The highest BCUT2D eigenvalue weighted by Crippen LogP contribution is 2.31. The van der Waals surface area contributed by atoms with Crippen LogP contribution >= 0.6 is 11.6 Å². The van der Waals surface area contributed by atoms with E-state index in [1.165, 1.54) is 0 Å². The molecule has 0 aliphatic carbocycles. The van der Waals surface area contributed by atoms with Crippen LogP contribution in [0.3, 0.4) is 0 Å². The van der Waals surface area contributed by atoms with Gasteiger partial charge >= 0.3 is 5.69 Å². The quantitative estimate of drug-likeness (QED) is 0.710. The van der Waals surface area contributed by atoms with Crippen LogP contribution in [0.25, 0.3) is 0 Å². The van der Waals surface area contributed by atoms with Crippen molar-refractivity contribution in [3.63, 3.8) is 0 Å². The van der Waals surface area contributed by atoms with Crippen LogP contribution in [0, 0.1) is 5.82 Å². The molecule has 3 atom stereocenters. The number of ether oxygens (including phenoxy) is 1. The fraction of sp³-hybridized carbons (Fsp3) is 0.556. The minimum atomic E-state index is -1.09. The number of aromatic nitrogens is 2. The second-order valence-electron chi connectivity index (χ2n) is 3.73. The lowest BCUT2D eigenvalue weighted by molar-refractivity contribution is -0.0243. The fourth-order valence-electron chi connectivity index (χ4n) is 1.71. The van der Waals surface area contributed by atoms with Crippen molar-refractivity contribution in [2.45, 2.75) is 24.1 Å². The Balaban J connectivity index is 2.38. The van der Waals surface area contributed by atoms with Crippen LogP contribution in [0.4, 0.5) is 4.39 Å². The van der Waals surface area contributed by atoms with Crippen LogP contribution in [0.1, 0.15) is 12.6 Å². The van der Waals surface area contributed by atoms with Crippen molar-refractivity contribution in [3.8, 4) is 0 Å². The van der Waals surface area contributed by atoms with Gasteiger partial charge in [-0.3, -0.25) is 14.3 Å². The van der Waals surface area contributed by atoms with Gasteiger partial charge in [-0.05, 0) is 6.42 Å². The molecule has 1 aliphatic rings. The summed E-state index contributed by atoms with van der Waals surface area (Å²) in [6.45, 7) is -0.236. The van der Waals surface area contributed by atoms with E-state index in [0.29, 0.717) is 6.42 Å². The molecule has 0 saturated carbocycles. The minimum absolute atomic E-state index is 0.236. The summed E-state index contributed by atoms with van der Waals surface area (Å²) in [4.78, 5) is 24.1. The number of nitrogens with one attached hydrogen (secondary N) is 1. The van der Waals surface area contributed by atoms with Crippen molar-refractivity contribution in [2.24, 2.45) is 0 Å². The molecular formula is C9H10ClFN2O4. The average molecular weight is 265 g/mol. The molecule has 0 bridgehead atoms. The second kappa shape index (κ2) is 4.59. The van der Waals surface area contributed by atoms with Crippen molar-refractivity contribution >= 4 is 11.6 Å². The molecule has 0 unspecified atom stereocenters. The van der Waals surface area contributed by atoms with E-state index in [1.807, 2.05) is 4.98 Å². The van der Waals surface area contributed by atoms with Gasteiger partial charge in [-0.25, -0.2) is 4.79 Å². The van der Waals surface area contributed by atoms with Crippen molar-refractivity contribution in [3.05, 3.63) is 32.9 Å². The van der Waals surface area contributed by atoms with E-state index in [0.717, 1.165) is 10.8 Å². The van der Waals surface area contributed by atoms with Crippen molar-refractivity contribution < 1.29 is 14.2 Å². The number of nitrogens with zero attached hydrogens (tertiary/aromatic N) is 1. The number of aromatic amines is 1. The molecule has 0 spiro atoms. The summed E-state index contributed by atoms with van der Waals surface area (Å²) in [6, 6.07) is 0. The SMILES string of the molecule is O=c1[nH]c(=O)n([C@@H]2O[C@H](CO)C[C@@H]2Cl)cc1F. The van der Waals surface area contributed by atoms with Crippen LogP contribution < -0.4 is 11.2 Å². The Morgan fingerprint density at radius 2 is 2.35 bits per heavy atom. The summed E-state index contributed by atoms with van der Waals surface area (Å²) >= 11 is 5.94. The highest BCUT2D eigenvalue weighted by molar-refractivity contribution is 6.21. The zero-order valence-corrected chi connectivity index (χ0v) is 9.35. The molecule has 1 aliphatic heterocycles. The van der Waals surface area contributed by atoms with Crippen molar-refractivity contribution in [1.82, 2.24) is 9.55 Å². The summed E-state index contributed by atoms with van der Waals surface area (Å²) in [5.74, 6) is -1.09. The maximum Gasteiger partial charge on any atom is 0.330 e. The molecule has 1 saturated heterocycles. The van der Waals surface area contributed by atoms with E-state index in [2.05, 4.69) is 0 Å². The largest absolute Gasteiger partial charge is 0.394 e. The highest BCUT2D eigenvalue weighted by Gasteiger charge is 2.35. The summed E-state index contributed by atoms with van der Waals surface area (Å²) < 4.78 is 19.2. The Bertz CT molecular complexity index is 528. The number of alkyl halides is 1. The number of aliphatic hydroxyl groups is 1. The zero-order chi connectivity index (χ0) is 12.6. The molecule has 6 nitrogen and oxygen atoms in total. The lowest BCUT2D eigenvalue weighted by Gasteiger charge is -2.16. The minimum Gasteiger partial charge on any atom is -0.394 e. The Morgan fingerprint density at radius 1 is 1.65 bits per heavy atom. The number of H-pyrrole nitrogens is 1. The number of hydrogen-bond donors (Lipinski definition) is 2. The Labute approximate surface area is 99.6 Å². The summed E-state index contributed by atoms with van der Waals surface area (Å²) in [5, 5.41) is 8.34. The van der Waals surface area contributed by atoms with Crippen LogP contribution in [-0.4, -0.2) is 32.7 Å². The van der Waals surface area contributed by atoms with Gasteiger partial charge in [-0.2, -0.15) is 4.39 Å². The third-order valence-electron chi connectivity index (χ3n) is 2.53. The molecule has 1 fully saturated rings. The Morgan fingerprint density at radius 3 is 2.94 bits per heavy atom. The molecule has 2 rings (SSSR count). The van der Waals surface area contributed by atoms with E-state index in [1.54, 1.807) is 0 Å². The fourth-order valence-corrected chi connectivity index (χ4v) is 2.09. The van der Waals surface area contributed by atoms with Gasteiger partial charge in [0.05, 0.1) is 24.3 Å². The Hall–Kier alpha value is -1.18. The number of halogens is 2. The monoisotopic (exact) mass is 264 g/mol. The predicted molar refractivity (Wildman–Crippen MR) is 56.5 cm³/mol. The van der Waals surface area contributed by atoms with E-state index in [-0.39, 0.29) is 6.61 Å². The third kappa shape index (κ3) is 2.26. The maximum absolute atomic E-state index is 13.1. The standard InChI is InChI=1S/C9H10ClFN2O4/c10-5-1-4(3-14)17-8(5)13-2-6(11)7(15)12-9(13)16/h2,4-5,8,14H,1,3H2,(H,12,15,16)/t4-,5-,8+/m0/s1. The molecule has 94 valence electrons. The zero-order valence-electron chi connectivity index (χ0n) is 8.60. The van der Waals surface area contributed by atoms with Crippen LogP contribution in [0.5, 0.6) is 0 Å². The summed E-state index contributed by atoms with van der Waals surface area (Å²) in [6.07, 6.45) is -0.297. The van der Waals surface area contributed by atoms with E-state index >= 15 is 0 Å². The summed E-state index contributed by atoms with van der Waals surface area (Å²) in [5.41, 5.74) is -1.89.